The molecule has 0 saturated carbocycles. The predicted molar refractivity (Wildman–Crippen MR) is 547 cm³/mol. The third-order valence-corrected chi connectivity index (χ3v) is 27.3. The predicted octanol–water partition coefficient (Wildman–Crippen LogP) is 27.8. The van der Waals surface area contributed by atoms with Crippen molar-refractivity contribution in [3.05, 3.63) is 462 Å². The van der Waals surface area contributed by atoms with E-state index in [0.717, 1.165) is 208 Å². The minimum atomic E-state index is -0.293. The molecule has 654 valence electrons. The van der Waals surface area contributed by atoms with Gasteiger partial charge in [-0.3, -0.25) is 52.8 Å². The highest BCUT2D eigenvalue weighted by Gasteiger charge is 2.32. The number of halogens is 9. The second-order valence-electron chi connectivity index (χ2n) is 30.7. The monoisotopic (exact) mass is 2270 g/mol. The highest BCUT2D eigenvalue weighted by atomic mass is 127. The molecular weight excluding hydrogens is 2210 g/mol. The normalized spacial score (nSPS) is 12.9. The second kappa shape index (κ2) is 38.4. The van der Waals surface area contributed by atoms with Crippen molar-refractivity contribution in [3.8, 4) is 85.7 Å². The molecule has 0 amide bonds. The van der Waals surface area contributed by atoms with E-state index in [1.807, 2.05) is 206 Å². The van der Waals surface area contributed by atoms with Gasteiger partial charge < -0.3 is 22.1 Å². The van der Waals surface area contributed by atoms with Gasteiger partial charge in [0.1, 0.15) is 65.9 Å². The van der Waals surface area contributed by atoms with E-state index in [9.17, 15) is 4.39 Å². The Morgan fingerprint density at radius 2 is 0.567 bits per heavy atom. The number of nitrogens with zero attached hydrogens (tertiary/aromatic N) is 16. The fraction of sp³-hybridized carbons (Fsp3) is 0.0481. The van der Waals surface area contributed by atoms with Gasteiger partial charge in [0, 0.05) is 91.7 Å². The fourth-order valence-corrected chi connectivity index (χ4v) is 19.9. The largest absolute Gasteiger partial charge is 0.463 e. The minimum Gasteiger partial charge on any atom is -0.463 e. The smallest absolute Gasteiger partial charge is 0.154 e. The Balaban J connectivity index is 0.000000101. The van der Waals surface area contributed by atoms with Gasteiger partial charge in [0.25, 0.3) is 0 Å². The van der Waals surface area contributed by atoms with Crippen LogP contribution in [0, 0.1) is 9.39 Å². The highest BCUT2D eigenvalue weighted by Crippen LogP contribution is 2.42. The Labute approximate surface area is 834 Å². The van der Waals surface area contributed by atoms with E-state index < -0.39 is 0 Å². The first-order valence-electron chi connectivity index (χ1n) is 41.8. The van der Waals surface area contributed by atoms with Gasteiger partial charge >= 0.3 is 0 Å². The van der Waals surface area contributed by atoms with Crippen LogP contribution in [0.2, 0.25) is 5.02 Å². The summed E-state index contributed by atoms with van der Waals surface area (Å²) < 4.78 is 59.8. The van der Waals surface area contributed by atoms with Crippen LogP contribution in [0.1, 0.15) is 84.2 Å². The molecule has 30 heteroatoms. The number of imidazole rings is 5. The first-order valence-corrected chi connectivity index (χ1v) is 48.1. The summed E-state index contributed by atoms with van der Waals surface area (Å²) in [6.07, 6.45) is 19.2. The number of aliphatic imine (C=N–C) groups is 5. The van der Waals surface area contributed by atoms with E-state index in [1.165, 1.54) is 9.64 Å². The molecule has 0 N–H and O–H groups in total. The van der Waals surface area contributed by atoms with Crippen molar-refractivity contribution in [3.63, 3.8) is 0 Å². The van der Waals surface area contributed by atoms with Crippen LogP contribution in [0.3, 0.4) is 0 Å². The van der Waals surface area contributed by atoms with E-state index in [2.05, 4.69) is 239 Å². The molecule has 16 heterocycles. The van der Waals surface area contributed by atoms with Crippen LogP contribution in [-0.4, -0.2) is 81.3 Å². The molecule has 0 aliphatic carbocycles. The quantitative estimate of drug-likeness (QED) is 0.117. The molecule has 0 unspecified atom stereocenters. The van der Waals surface area contributed by atoms with Gasteiger partial charge in [-0.2, -0.15) is 0 Å². The standard InChI is InChI=1S/C21H13Br2N3O.C21H13BrClN3O.C21H13BrFN3O.C21H13BrIN3O.C20H13BrN4O/c4*22-13-7-8-17-15(10-13)20(14-4-1-2-5-16(14)23)24-11-18-21(25-12-26(17)18)19-6-3-9-27-19;21-13-6-7-16-14(10-13)19(15-4-1-2-8-22-15)23-11-17-20(24-12-25(16)17)18-5-3-9-26-18/h4*1-10,12H,11H2;1-10,12H,11H2. The lowest BCUT2D eigenvalue weighted by atomic mass is 10.00. The lowest BCUT2D eigenvalue weighted by Gasteiger charge is -2.13. The van der Waals surface area contributed by atoms with Crippen molar-refractivity contribution in [1.82, 2.24) is 52.7 Å². The van der Waals surface area contributed by atoms with Gasteiger partial charge in [-0.1, -0.05) is 180 Å². The van der Waals surface area contributed by atoms with Crippen molar-refractivity contribution < 1.29 is 26.5 Å². The Bertz CT molecular complexity index is 7250. The Kier molecular flexibility index (Phi) is 25.0. The molecule has 0 saturated heterocycles. The summed E-state index contributed by atoms with van der Waals surface area (Å²) in [6.45, 7) is 2.38. The molecule has 0 atom stereocenters. The zero-order chi connectivity index (χ0) is 91.0. The van der Waals surface area contributed by atoms with Gasteiger partial charge in [-0.25, -0.2) is 29.3 Å². The van der Waals surface area contributed by atoms with Gasteiger partial charge in [0.05, 0.1) is 155 Å². The maximum atomic E-state index is 14.5. The average molecular weight is 2280 g/mol. The van der Waals surface area contributed by atoms with E-state index in [0.29, 0.717) is 54.8 Å². The van der Waals surface area contributed by atoms with E-state index in [1.54, 1.807) is 56.0 Å². The average Bonchev–Trinajstić information content (AvgIpc) is 1.61. The molecule has 20 aromatic rings. The van der Waals surface area contributed by atoms with Crippen LogP contribution in [0.15, 0.2) is 410 Å². The lowest BCUT2D eigenvalue weighted by molar-refractivity contribution is 0.579. The molecule has 5 aliphatic rings. The summed E-state index contributed by atoms with van der Waals surface area (Å²) >= 11 is 30.4. The summed E-state index contributed by atoms with van der Waals surface area (Å²) in [6, 6.07) is 86.5. The molecule has 0 bridgehead atoms. The second-order valence-corrected chi connectivity index (χ2v) is 37.7. The number of hydrogen-bond acceptors (Lipinski definition) is 16. The maximum Gasteiger partial charge on any atom is 0.154 e. The molecule has 0 fully saturated rings. The molecule has 134 heavy (non-hydrogen) atoms. The Morgan fingerprint density at radius 3 is 0.896 bits per heavy atom. The van der Waals surface area contributed by atoms with Crippen LogP contribution >= 0.6 is 130 Å². The van der Waals surface area contributed by atoms with Crippen molar-refractivity contribution in [2.45, 2.75) is 32.7 Å². The van der Waals surface area contributed by atoms with Crippen LogP contribution in [0.5, 0.6) is 0 Å². The summed E-state index contributed by atoms with van der Waals surface area (Å²) in [5, 5.41) is 0.679. The first kappa shape index (κ1) is 87.4. The molecule has 9 aromatic carbocycles. The SMILES string of the molecule is Brc1ccc2c(c1)C(c1ccccc1Br)=NCc1c(-c3ccco3)ncn1-2.Brc1ccc2c(c1)C(c1ccccc1I)=NCc1c(-c3ccco3)ncn1-2.Brc1ccc2c(c1)C(c1ccccn1)=NCc1c(-c3ccco3)ncn1-2.Clc1ccccc1C1=NCc2c(-c3ccco3)ncn2-c2ccc(Br)cc21.Fc1ccccc1C1=NCc2c(-c3ccco3)ncn2-c2ccc(Br)cc21. The summed E-state index contributed by atoms with van der Waals surface area (Å²) in [5.74, 6) is 3.38. The summed E-state index contributed by atoms with van der Waals surface area (Å²) in [5.41, 5.74) is 27.7. The molecule has 0 radical (unpaired) electrons. The number of aromatic nitrogens is 11. The Morgan fingerprint density at radius 1 is 0.276 bits per heavy atom. The van der Waals surface area contributed by atoms with Crippen molar-refractivity contribution >= 4 is 158 Å². The number of rotatable bonds is 10. The molecule has 11 aromatic heterocycles. The molecular formula is C104H65Br6ClFIN16O5. The van der Waals surface area contributed by atoms with Gasteiger partial charge in [0.2, 0.25) is 0 Å². The van der Waals surface area contributed by atoms with Gasteiger partial charge in [-0.05, 0) is 217 Å². The topological polar surface area (TPSA) is 229 Å². The molecule has 25 rings (SSSR count). The Hall–Kier alpha value is -13.2. The molecule has 0 spiro atoms. The molecule has 21 nitrogen and oxygen atoms in total. The third kappa shape index (κ3) is 17.3. The van der Waals surface area contributed by atoms with Crippen LogP contribution in [0.25, 0.3) is 85.7 Å². The van der Waals surface area contributed by atoms with E-state index in [-0.39, 0.29) is 5.82 Å². The fourth-order valence-electron chi connectivity index (χ4n) is 16.7. The van der Waals surface area contributed by atoms with E-state index in [4.69, 9.17) is 58.6 Å². The van der Waals surface area contributed by atoms with Crippen LogP contribution in [0.4, 0.5) is 4.39 Å². The molecule has 5 aliphatic heterocycles. The summed E-state index contributed by atoms with van der Waals surface area (Å²) in [4.78, 5) is 52.0. The van der Waals surface area contributed by atoms with Gasteiger partial charge in [0.15, 0.2) is 28.8 Å². The third-order valence-electron chi connectivity index (χ3n) is 22.8. The number of fused-ring (bicyclic) bond motifs is 15. The van der Waals surface area contributed by atoms with Crippen LogP contribution < -0.4 is 0 Å². The number of benzene rings is 9. The number of furan rings is 5. The minimum absolute atomic E-state index is 0.293. The van der Waals surface area contributed by atoms with Crippen molar-refractivity contribution in [1.29, 1.82) is 0 Å². The number of hydrogen-bond donors (Lipinski definition) is 0. The number of pyridine rings is 1. The lowest BCUT2D eigenvalue weighted by Crippen LogP contribution is -2.08. The van der Waals surface area contributed by atoms with Gasteiger partial charge in [-0.15, -0.1) is 0 Å². The van der Waals surface area contributed by atoms with Crippen molar-refractivity contribution in [2.75, 3.05) is 0 Å². The first-order chi connectivity index (χ1) is 65.7. The maximum absolute atomic E-state index is 14.5. The highest BCUT2D eigenvalue weighted by molar-refractivity contribution is 14.1. The van der Waals surface area contributed by atoms with E-state index >= 15 is 0 Å². The van der Waals surface area contributed by atoms with Crippen LogP contribution in [-0.2, 0) is 32.7 Å². The zero-order valence-electron chi connectivity index (χ0n) is 69.9. The zero-order valence-corrected chi connectivity index (χ0v) is 82.3. The van der Waals surface area contributed by atoms with Crippen molar-refractivity contribution in [2.24, 2.45) is 25.0 Å². The summed E-state index contributed by atoms with van der Waals surface area (Å²) in [7, 11) is 0.